The largest absolute Gasteiger partial charge is 0.382 e. The fourth-order valence-corrected chi connectivity index (χ4v) is 5.18. The number of allylic oxidation sites excluding steroid dienone is 1. The Hall–Kier alpha value is -0.570. The minimum absolute atomic E-state index is 0.107. The molecule has 0 saturated carbocycles. The highest BCUT2D eigenvalue weighted by Gasteiger charge is 2.26. The van der Waals surface area contributed by atoms with Crippen molar-refractivity contribution in [3.63, 3.8) is 0 Å². The van der Waals surface area contributed by atoms with Gasteiger partial charge >= 0.3 is 0 Å². The van der Waals surface area contributed by atoms with E-state index >= 15 is 0 Å². The summed E-state index contributed by atoms with van der Waals surface area (Å²) in [6.45, 7) is 3.07. The lowest BCUT2D eigenvalue weighted by atomic mass is 10.1. The SMILES string of the molecule is CS(=O)(=O)C1CC=C(C2=NC(NCC3CCCS3)CNC2)NC1. The fraction of sp³-hybridized carbons (Fsp3) is 0.800. The van der Waals surface area contributed by atoms with E-state index in [1.54, 1.807) is 0 Å². The zero-order valence-electron chi connectivity index (χ0n) is 13.5. The van der Waals surface area contributed by atoms with Gasteiger partial charge in [-0.3, -0.25) is 10.3 Å². The lowest BCUT2D eigenvalue weighted by Gasteiger charge is -2.28. The third kappa shape index (κ3) is 4.71. The average molecular weight is 359 g/mol. The van der Waals surface area contributed by atoms with E-state index in [4.69, 9.17) is 4.99 Å². The van der Waals surface area contributed by atoms with Crippen LogP contribution in [-0.4, -0.2) is 69.0 Å². The second-order valence-electron chi connectivity index (χ2n) is 6.45. The summed E-state index contributed by atoms with van der Waals surface area (Å²) < 4.78 is 23.2. The topological polar surface area (TPSA) is 82.6 Å². The zero-order chi connectivity index (χ0) is 16.3. The molecule has 3 N–H and O–H groups in total. The van der Waals surface area contributed by atoms with Crippen molar-refractivity contribution in [1.29, 1.82) is 0 Å². The maximum absolute atomic E-state index is 11.6. The molecule has 23 heavy (non-hydrogen) atoms. The van der Waals surface area contributed by atoms with Crippen LogP contribution < -0.4 is 16.0 Å². The van der Waals surface area contributed by atoms with Crippen LogP contribution in [0.4, 0.5) is 0 Å². The maximum Gasteiger partial charge on any atom is 0.152 e. The number of nitrogens with zero attached hydrogens (tertiary/aromatic N) is 1. The van der Waals surface area contributed by atoms with Crippen molar-refractivity contribution in [3.8, 4) is 0 Å². The Kier molecular flexibility index (Phi) is 5.66. The summed E-state index contributed by atoms with van der Waals surface area (Å²) in [5.41, 5.74) is 1.99. The van der Waals surface area contributed by atoms with E-state index in [-0.39, 0.29) is 11.4 Å². The van der Waals surface area contributed by atoms with E-state index in [1.807, 2.05) is 6.08 Å². The van der Waals surface area contributed by atoms with Crippen LogP contribution in [0.1, 0.15) is 19.3 Å². The molecule has 0 aliphatic carbocycles. The van der Waals surface area contributed by atoms with Gasteiger partial charge in [-0.15, -0.1) is 0 Å². The molecule has 1 saturated heterocycles. The Bertz CT molecular complexity index is 582. The minimum atomic E-state index is -2.99. The molecule has 0 radical (unpaired) electrons. The molecule has 0 spiro atoms. The number of hydrogen-bond acceptors (Lipinski definition) is 7. The van der Waals surface area contributed by atoms with Gasteiger partial charge in [-0.1, -0.05) is 6.08 Å². The molecule has 3 aliphatic rings. The van der Waals surface area contributed by atoms with E-state index in [0.717, 1.165) is 36.3 Å². The van der Waals surface area contributed by atoms with Gasteiger partial charge in [-0.25, -0.2) is 8.42 Å². The summed E-state index contributed by atoms with van der Waals surface area (Å²) in [7, 11) is -2.99. The summed E-state index contributed by atoms with van der Waals surface area (Å²) in [4.78, 5) is 4.81. The van der Waals surface area contributed by atoms with Gasteiger partial charge in [-0.2, -0.15) is 11.8 Å². The van der Waals surface area contributed by atoms with E-state index in [1.165, 1.54) is 24.9 Å². The molecular weight excluding hydrogens is 332 g/mol. The maximum atomic E-state index is 11.6. The molecule has 0 amide bonds. The number of rotatable bonds is 5. The number of sulfone groups is 1. The van der Waals surface area contributed by atoms with Gasteiger partial charge in [0.1, 0.15) is 6.17 Å². The molecule has 0 aromatic rings. The van der Waals surface area contributed by atoms with E-state index in [9.17, 15) is 8.42 Å². The average Bonchev–Trinajstić information content (AvgIpc) is 3.06. The van der Waals surface area contributed by atoms with Crippen LogP contribution in [-0.2, 0) is 9.84 Å². The molecular formula is C15H26N4O2S2. The van der Waals surface area contributed by atoms with Crippen LogP contribution in [0.5, 0.6) is 0 Å². The van der Waals surface area contributed by atoms with Crippen molar-refractivity contribution in [3.05, 3.63) is 11.8 Å². The van der Waals surface area contributed by atoms with Gasteiger partial charge < -0.3 is 10.6 Å². The number of nitrogens with one attached hydrogen (secondary N) is 3. The van der Waals surface area contributed by atoms with Gasteiger partial charge in [0.05, 0.1) is 16.7 Å². The number of hydrogen-bond donors (Lipinski definition) is 3. The van der Waals surface area contributed by atoms with Crippen LogP contribution in [0.15, 0.2) is 16.8 Å². The Balaban J connectivity index is 1.57. The Labute approximate surface area is 142 Å². The molecule has 8 heteroatoms. The third-order valence-corrected chi connectivity index (χ3v) is 7.54. The number of aliphatic imine (C=N–C) groups is 1. The molecule has 6 nitrogen and oxygen atoms in total. The van der Waals surface area contributed by atoms with Crippen LogP contribution in [0.2, 0.25) is 0 Å². The van der Waals surface area contributed by atoms with Crippen molar-refractivity contribution in [1.82, 2.24) is 16.0 Å². The highest BCUT2D eigenvalue weighted by atomic mass is 32.2. The molecule has 3 rings (SSSR count). The van der Waals surface area contributed by atoms with Crippen molar-refractivity contribution in [2.75, 3.05) is 38.2 Å². The molecule has 3 aliphatic heterocycles. The first-order valence-electron chi connectivity index (χ1n) is 8.28. The fourth-order valence-electron chi connectivity index (χ4n) is 3.14. The Morgan fingerprint density at radius 1 is 1.43 bits per heavy atom. The van der Waals surface area contributed by atoms with Crippen molar-refractivity contribution in [2.45, 2.75) is 35.9 Å². The van der Waals surface area contributed by atoms with Crippen LogP contribution in [0.25, 0.3) is 0 Å². The molecule has 0 aromatic heterocycles. The molecule has 3 atom stereocenters. The van der Waals surface area contributed by atoms with E-state index in [0.29, 0.717) is 13.0 Å². The van der Waals surface area contributed by atoms with Crippen LogP contribution in [0, 0.1) is 0 Å². The van der Waals surface area contributed by atoms with Gasteiger partial charge in [0, 0.05) is 37.7 Å². The van der Waals surface area contributed by atoms with Gasteiger partial charge in [0.15, 0.2) is 9.84 Å². The van der Waals surface area contributed by atoms with Gasteiger partial charge in [-0.05, 0) is 25.0 Å². The molecule has 0 bridgehead atoms. The van der Waals surface area contributed by atoms with Crippen molar-refractivity contribution >= 4 is 27.3 Å². The molecule has 0 aromatic carbocycles. The monoisotopic (exact) mass is 358 g/mol. The second kappa shape index (κ2) is 7.55. The van der Waals surface area contributed by atoms with E-state index < -0.39 is 9.84 Å². The second-order valence-corrected chi connectivity index (χ2v) is 10.2. The highest BCUT2D eigenvalue weighted by molar-refractivity contribution is 8.00. The summed E-state index contributed by atoms with van der Waals surface area (Å²) >= 11 is 2.05. The molecule has 3 unspecified atom stereocenters. The highest BCUT2D eigenvalue weighted by Crippen LogP contribution is 2.25. The lowest BCUT2D eigenvalue weighted by molar-refractivity contribution is 0.480. The minimum Gasteiger partial charge on any atom is -0.382 e. The predicted octanol–water partition coefficient (Wildman–Crippen LogP) is 0.132. The molecule has 3 heterocycles. The third-order valence-electron chi connectivity index (χ3n) is 4.57. The van der Waals surface area contributed by atoms with Gasteiger partial charge in [0.2, 0.25) is 0 Å². The van der Waals surface area contributed by atoms with Crippen molar-refractivity contribution in [2.24, 2.45) is 4.99 Å². The smallest absolute Gasteiger partial charge is 0.152 e. The molecule has 130 valence electrons. The van der Waals surface area contributed by atoms with E-state index in [2.05, 4.69) is 27.7 Å². The number of thioether (sulfide) groups is 1. The standard InChI is InChI=1S/C15H26N4O2S2/c1-23(20,21)12-4-5-13(17-8-12)14-9-16-10-15(19-14)18-7-11-3-2-6-22-11/h5,11-12,15-18H,2-4,6-10H2,1H3. The normalized spacial score (nSPS) is 32.1. The Morgan fingerprint density at radius 3 is 2.96 bits per heavy atom. The quantitative estimate of drug-likeness (QED) is 0.648. The van der Waals surface area contributed by atoms with Gasteiger partial charge in [0.25, 0.3) is 0 Å². The predicted molar refractivity (Wildman–Crippen MR) is 96.9 cm³/mol. The summed E-state index contributed by atoms with van der Waals surface area (Å²) in [5, 5.41) is 10.6. The summed E-state index contributed by atoms with van der Waals surface area (Å²) in [5.74, 6) is 1.28. The van der Waals surface area contributed by atoms with Crippen molar-refractivity contribution < 1.29 is 8.42 Å². The lowest BCUT2D eigenvalue weighted by Crippen LogP contribution is -2.48. The summed E-state index contributed by atoms with van der Waals surface area (Å²) in [6.07, 6.45) is 6.58. The van der Waals surface area contributed by atoms with Crippen LogP contribution >= 0.6 is 11.8 Å². The first-order chi connectivity index (χ1) is 11.0. The zero-order valence-corrected chi connectivity index (χ0v) is 15.2. The summed E-state index contributed by atoms with van der Waals surface area (Å²) in [6, 6.07) is 0. The molecule has 1 fully saturated rings. The Morgan fingerprint density at radius 2 is 2.30 bits per heavy atom. The van der Waals surface area contributed by atoms with Crippen LogP contribution in [0.3, 0.4) is 0 Å². The first kappa shape index (κ1) is 17.3. The first-order valence-corrected chi connectivity index (χ1v) is 11.3.